The Morgan fingerprint density at radius 2 is 1.87 bits per heavy atom. The Labute approximate surface area is 84.7 Å². The van der Waals surface area contributed by atoms with Crippen LogP contribution >= 0.6 is 0 Å². The molecule has 0 aliphatic rings. The lowest BCUT2D eigenvalue weighted by Gasteiger charge is -2.14. The molecule has 1 heterocycles. The van der Waals surface area contributed by atoms with Crippen molar-refractivity contribution in [2.24, 2.45) is 0 Å². The van der Waals surface area contributed by atoms with Crippen LogP contribution in [0.5, 0.6) is 0 Å². The second-order valence-electron chi connectivity index (χ2n) is 2.84. The molecule has 0 saturated heterocycles. The minimum atomic E-state index is -1.34. The molecule has 2 atom stereocenters. The van der Waals surface area contributed by atoms with Crippen LogP contribution in [0.1, 0.15) is 22.3 Å². The van der Waals surface area contributed by atoms with Gasteiger partial charge < -0.3 is 20.4 Å². The van der Waals surface area contributed by atoms with Gasteiger partial charge in [0.2, 0.25) is 5.82 Å². The lowest BCUT2D eigenvalue weighted by atomic mass is 10.1. The predicted molar refractivity (Wildman–Crippen MR) is 47.0 cm³/mol. The number of aromatic carboxylic acids is 1. The summed E-state index contributed by atoms with van der Waals surface area (Å²) in [5.41, 5.74) is 0.140. The van der Waals surface area contributed by atoms with E-state index in [1.54, 1.807) is 0 Å². The quantitative estimate of drug-likeness (QED) is 0.484. The number of carboxylic acids is 1. The lowest BCUT2D eigenvalue weighted by Crippen LogP contribution is -2.22. The smallest absolute Gasteiger partial charge is 0.373 e. The number of hydrogen-bond donors (Lipinski definition) is 4. The minimum absolute atomic E-state index is 0.140. The fraction of sp³-hybridized carbons (Fsp3) is 0.375. The molecule has 15 heavy (non-hydrogen) atoms. The third-order valence-electron chi connectivity index (χ3n) is 1.76. The van der Waals surface area contributed by atoms with Gasteiger partial charge in [0.25, 0.3) is 0 Å². The van der Waals surface area contributed by atoms with Gasteiger partial charge in [0, 0.05) is 18.0 Å². The number of rotatable bonds is 4. The zero-order valence-corrected chi connectivity index (χ0v) is 7.61. The van der Waals surface area contributed by atoms with E-state index in [1.807, 2.05) is 0 Å². The second kappa shape index (κ2) is 4.78. The lowest BCUT2D eigenvalue weighted by molar-refractivity contribution is -0.0156. The van der Waals surface area contributed by atoms with Crippen molar-refractivity contribution in [1.82, 2.24) is 9.97 Å². The van der Waals surface area contributed by atoms with E-state index in [0.29, 0.717) is 0 Å². The fourth-order valence-electron chi connectivity index (χ4n) is 0.923. The molecule has 0 bridgehead atoms. The second-order valence-corrected chi connectivity index (χ2v) is 2.84. The van der Waals surface area contributed by atoms with Gasteiger partial charge in [0.05, 0.1) is 6.61 Å². The molecule has 0 aromatic carbocycles. The van der Waals surface area contributed by atoms with Crippen LogP contribution in [0.2, 0.25) is 0 Å². The highest BCUT2D eigenvalue weighted by Gasteiger charge is 2.18. The van der Waals surface area contributed by atoms with E-state index in [2.05, 4.69) is 9.97 Å². The Kier molecular flexibility index (Phi) is 3.67. The van der Waals surface area contributed by atoms with Gasteiger partial charge in [0.1, 0.15) is 12.2 Å². The van der Waals surface area contributed by atoms with Crippen LogP contribution in [0.4, 0.5) is 0 Å². The molecule has 7 heteroatoms. The third-order valence-corrected chi connectivity index (χ3v) is 1.76. The SMILES string of the molecule is O=C(O)c1ncc(C(O)C(O)CO)cn1. The molecule has 0 saturated carbocycles. The number of aromatic nitrogens is 2. The molecule has 4 N–H and O–H groups in total. The zero-order valence-electron chi connectivity index (χ0n) is 7.61. The molecule has 7 nitrogen and oxygen atoms in total. The monoisotopic (exact) mass is 214 g/mol. The highest BCUT2D eigenvalue weighted by atomic mass is 16.4. The summed E-state index contributed by atoms with van der Waals surface area (Å²) in [5, 5.41) is 35.5. The Balaban J connectivity index is 2.84. The van der Waals surface area contributed by atoms with Gasteiger partial charge in [-0.3, -0.25) is 0 Å². The average molecular weight is 214 g/mol. The third kappa shape index (κ3) is 2.69. The summed E-state index contributed by atoms with van der Waals surface area (Å²) in [4.78, 5) is 17.3. The van der Waals surface area contributed by atoms with E-state index in [9.17, 15) is 9.90 Å². The maximum atomic E-state index is 10.4. The number of carboxylic acid groups (broad SMARTS) is 1. The van der Waals surface area contributed by atoms with E-state index in [0.717, 1.165) is 12.4 Å². The summed E-state index contributed by atoms with van der Waals surface area (Å²) < 4.78 is 0. The first-order valence-corrected chi connectivity index (χ1v) is 4.08. The van der Waals surface area contributed by atoms with Gasteiger partial charge in [-0.05, 0) is 0 Å². The summed E-state index contributed by atoms with van der Waals surface area (Å²) in [6.07, 6.45) is -0.512. The maximum absolute atomic E-state index is 10.4. The van der Waals surface area contributed by atoms with E-state index < -0.39 is 30.6 Å². The standard InChI is InChI=1S/C8H10N2O5/c11-3-5(12)6(13)4-1-9-7(8(14)15)10-2-4/h1-2,5-6,11-13H,3H2,(H,14,15). The van der Waals surface area contributed by atoms with Crippen molar-refractivity contribution < 1.29 is 25.2 Å². The molecule has 1 aromatic rings. The Bertz CT molecular complexity index is 339. The first kappa shape index (κ1) is 11.5. The molecule has 2 unspecified atom stereocenters. The molecule has 0 aliphatic carbocycles. The van der Waals surface area contributed by atoms with Crippen LogP contribution in [-0.2, 0) is 0 Å². The van der Waals surface area contributed by atoms with Crippen LogP contribution in [0.25, 0.3) is 0 Å². The minimum Gasteiger partial charge on any atom is -0.475 e. The summed E-state index contributed by atoms with van der Waals surface area (Å²) in [7, 11) is 0. The molecule has 1 rings (SSSR count). The van der Waals surface area contributed by atoms with Crippen molar-refractivity contribution in [3.63, 3.8) is 0 Å². The number of carbonyl (C=O) groups is 1. The van der Waals surface area contributed by atoms with Gasteiger partial charge in [-0.1, -0.05) is 0 Å². The largest absolute Gasteiger partial charge is 0.475 e. The molecule has 0 spiro atoms. The number of hydrogen-bond acceptors (Lipinski definition) is 6. The summed E-state index contributed by atoms with van der Waals surface area (Å²) in [6, 6.07) is 0. The molecule has 0 amide bonds. The van der Waals surface area contributed by atoms with Gasteiger partial charge in [0.15, 0.2) is 0 Å². The van der Waals surface area contributed by atoms with E-state index in [1.165, 1.54) is 0 Å². The fourth-order valence-corrected chi connectivity index (χ4v) is 0.923. The highest BCUT2D eigenvalue weighted by Crippen LogP contribution is 2.14. The van der Waals surface area contributed by atoms with Gasteiger partial charge in [-0.2, -0.15) is 0 Å². The molecule has 1 aromatic heterocycles. The molecule has 0 aliphatic heterocycles. The normalized spacial score (nSPS) is 14.6. The molecule has 82 valence electrons. The van der Waals surface area contributed by atoms with Crippen LogP contribution in [0.15, 0.2) is 12.4 Å². The number of aliphatic hydroxyl groups is 3. The van der Waals surface area contributed by atoms with Gasteiger partial charge in [-0.15, -0.1) is 0 Å². The number of nitrogens with zero attached hydrogens (tertiary/aromatic N) is 2. The van der Waals surface area contributed by atoms with Crippen molar-refractivity contribution >= 4 is 5.97 Å². The van der Waals surface area contributed by atoms with Crippen molar-refractivity contribution in [1.29, 1.82) is 0 Å². The maximum Gasteiger partial charge on any atom is 0.373 e. The Hall–Kier alpha value is -1.57. The molecular weight excluding hydrogens is 204 g/mol. The molecule has 0 radical (unpaired) electrons. The van der Waals surface area contributed by atoms with Gasteiger partial charge >= 0.3 is 5.97 Å². The number of aliphatic hydroxyl groups excluding tert-OH is 3. The van der Waals surface area contributed by atoms with Gasteiger partial charge in [-0.25, -0.2) is 14.8 Å². The van der Waals surface area contributed by atoms with Crippen molar-refractivity contribution in [2.45, 2.75) is 12.2 Å². The molecule has 0 fully saturated rings. The van der Waals surface area contributed by atoms with E-state index in [4.69, 9.17) is 15.3 Å². The average Bonchev–Trinajstić information content (AvgIpc) is 2.27. The first-order valence-electron chi connectivity index (χ1n) is 4.08. The van der Waals surface area contributed by atoms with Crippen LogP contribution < -0.4 is 0 Å². The topological polar surface area (TPSA) is 124 Å². The van der Waals surface area contributed by atoms with Crippen molar-refractivity contribution in [3.05, 3.63) is 23.8 Å². The zero-order chi connectivity index (χ0) is 11.4. The van der Waals surface area contributed by atoms with E-state index >= 15 is 0 Å². The van der Waals surface area contributed by atoms with Crippen molar-refractivity contribution in [2.75, 3.05) is 6.61 Å². The highest BCUT2D eigenvalue weighted by molar-refractivity contribution is 5.82. The van der Waals surface area contributed by atoms with Crippen LogP contribution in [-0.4, -0.2) is 49.1 Å². The molecular formula is C8H10N2O5. The summed E-state index contributed by atoms with van der Waals surface area (Å²) >= 11 is 0. The first-order chi connectivity index (χ1) is 7.06. The Morgan fingerprint density at radius 3 is 2.27 bits per heavy atom. The summed E-state index contributed by atoms with van der Waals surface area (Å²) in [5.74, 6) is -1.68. The summed E-state index contributed by atoms with van der Waals surface area (Å²) in [6.45, 7) is -0.609. The predicted octanol–water partition coefficient (Wildman–Crippen LogP) is -1.44. The van der Waals surface area contributed by atoms with Crippen LogP contribution in [0, 0.1) is 0 Å². The van der Waals surface area contributed by atoms with Crippen LogP contribution in [0.3, 0.4) is 0 Å². The van der Waals surface area contributed by atoms with Crippen molar-refractivity contribution in [3.8, 4) is 0 Å². The van der Waals surface area contributed by atoms with E-state index in [-0.39, 0.29) is 5.56 Å². The Morgan fingerprint density at radius 1 is 1.33 bits per heavy atom.